The standard InChI is InChI=1S/C13H24N4O3S/c1-8(2)7-14-10(18)9(3)21(19,20)12-15-11(16-17-12)13(4,5)6/h8-9H,7H2,1-6H3,(H,14,18)(H,15,16,17). The lowest BCUT2D eigenvalue weighted by Crippen LogP contribution is -2.39. The molecule has 0 spiro atoms. The van der Waals surface area contributed by atoms with Gasteiger partial charge in [0, 0.05) is 12.0 Å². The van der Waals surface area contributed by atoms with Gasteiger partial charge in [-0.25, -0.2) is 13.4 Å². The first-order valence-electron chi connectivity index (χ1n) is 6.90. The molecule has 2 N–H and O–H groups in total. The Morgan fingerprint density at radius 2 is 1.86 bits per heavy atom. The van der Waals surface area contributed by atoms with Crippen LogP contribution in [0.4, 0.5) is 0 Å². The molecule has 0 saturated carbocycles. The van der Waals surface area contributed by atoms with Crippen molar-refractivity contribution >= 4 is 15.7 Å². The summed E-state index contributed by atoms with van der Waals surface area (Å²) in [6.45, 7) is 11.3. The number of sulfone groups is 1. The average molecular weight is 316 g/mol. The monoisotopic (exact) mass is 316 g/mol. The summed E-state index contributed by atoms with van der Waals surface area (Å²) in [6.07, 6.45) is 0. The van der Waals surface area contributed by atoms with Crippen LogP contribution in [0.1, 0.15) is 47.4 Å². The van der Waals surface area contributed by atoms with Gasteiger partial charge in [0.15, 0.2) is 0 Å². The first kappa shape index (κ1) is 17.6. The van der Waals surface area contributed by atoms with Crippen molar-refractivity contribution in [3.8, 4) is 0 Å². The summed E-state index contributed by atoms with van der Waals surface area (Å²) in [5, 5.41) is 7.43. The second-order valence-corrected chi connectivity index (χ2v) is 8.71. The minimum absolute atomic E-state index is 0.250. The third-order valence-electron chi connectivity index (χ3n) is 2.95. The number of amides is 1. The average Bonchev–Trinajstić information content (AvgIpc) is 2.84. The van der Waals surface area contributed by atoms with Gasteiger partial charge in [0.2, 0.25) is 15.7 Å². The zero-order valence-electron chi connectivity index (χ0n) is 13.4. The van der Waals surface area contributed by atoms with Gasteiger partial charge in [0.05, 0.1) is 0 Å². The molecule has 1 heterocycles. The second kappa shape index (κ2) is 6.13. The molecule has 1 amide bonds. The van der Waals surface area contributed by atoms with Crippen LogP contribution in [0, 0.1) is 5.92 Å². The van der Waals surface area contributed by atoms with Gasteiger partial charge in [-0.1, -0.05) is 34.6 Å². The molecule has 120 valence electrons. The molecule has 1 unspecified atom stereocenters. The van der Waals surface area contributed by atoms with Crippen molar-refractivity contribution in [1.82, 2.24) is 20.5 Å². The summed E-state index contributed by atoms with van der Waals surface area (Å²) in [7, 11) is -3.89. The van der Waals surface area contributed by atoms with E-state index in [-0.39, 0.29) is 16.5 Å². The first-order chi connectivity index (χ1) is 9.46. The minimum atomic E-state index is -3.89. The van der Waals surface area contributed by atoms with Crippen molar-refractivity contribution < 1.29 is 13.2 Å². The lowest BCUT2D eigenvalue weighted by Gasteiger charge is -2.14. The van der Waals surface area contributed by atoms with E-state index in [1.807, 2.05) is 34.6 Å². The van der Waals surface area contributed by atoms with Crippen LogP contribution in [0.5, 0.6) is 0 Å². The highest BCUT2D eigenvalue weighted by molar-refractivity contribution is 7.92. The van der Waals surface area contributed by atoms with Gasteiger partial charge < -0.3 is 5.32 Å². The maximum Gasteiger partial charge on any atom is 0.267 e. The number of H-pyrrole nitrogens is 1. The molecule has 0 fully saturated rings. The normalized spacial score (nSPS) is 14.2. The van der Waals surface area contributed by atoms with Crippen molar-refractivity contribution in [2.75, 3.05) is 6.54 Å². The van der Waals surface area contributed by atoms with Gasteiger partial charge in [0.1, 0.15) is 11.1 Å². The van der Waals surface area contributed by atoms with Crippen molar-refractivity contribution in [2.24, 2.45) is 5.92 Å². The van der Waals surface area contributed by atoms with E-state index in [4.69, 9.17) is 0 Å². The van der Waals surface area contributed by atoms with Crippen LogP contribution in [0.2, 0.25) is 0 Å². The maximum atomic E-state index is 12.4. The molecule has 0 radical (unpaired) electrons. The van der Waals surface area contributed by atoms with Crippen LogP contribution in [0.25, 0.3) is 0 Å². The number of nitrogens with one attached hydrogen (secondary N) is 2. The van der Waals surface area contributed by atoms with E-state index in [1.54, 1.807) is 0 Å². The van der Waals surface area contributed by atoms with Gasteiger partial charge in [-0.05, 0) is 12.8 Å². The van der Waals surface area contributed by atoms with Crippen molar-refractivity contribution in [3.63, 3.8) is 0 Å². The van der Waals surface area contributed by atoms with E-state index in [0.29, 0.717) is 12.4 Å². The topological polar surface area (TPSA) is 105 Å². The van der Waals surface area contributed by atoms with Crippen LogP contribution in [0.3, 0.4) is 0 Å². The van der Waals surface area contributed by atoms with Crippen LogP contribution in [0.15, 0.2) is 5.16 Å². The fourth-order valence-corrected chi connectivity index (χ4v) is 2.53. The number of carbonyl (C=O) groups is 1. The predicted octanol–water partition coefficient (Wildman–Crippen LogP) is 1.04. The summed E-state index contributed by atoms with van der Waals surface area (Å²) < 4.78 is 24.7. The number of rotatable bonds is 5. The fourth-order valence-electron chi connectivity index (χ4n) is 1.46. The Labute approximate surface area is 125 Å². The highest BCUT2D eigenvalue weighted by Crippen LogP contribution is 2.20. The van der Waals surface area contributed by atoms with Crippen LogP contribution in [-0.4, -0.2) is 41.3 Å². The fraction of sp³-hybridized carbons (Fsp3) is 0.769. The van der Waals surface area contributed by atoms with E-state index in [2.05, 4.69) is 20.5 Å². The summed E-state index contributed by atoms with van der Waals surface area (Å²) in [5.74, 6) is 0.182. The Kier molecular flexibility index (Phi) is 5.14. The molecule has 0 aliphatic rings. The Bertz CT molecular complexity index is 599. The first-order valence-corrected chi connectivity index (χ1v) is 8.45. The SMILES string of the molecule is CC(C)CNC(=O)C(C)S(=O)(=O)c1n[nH]c(C(C)(C)C)n1. The molecule has 8 heteroatoms. The third kappa shape index (κ3) is 4.26. The molecule has 1 aromatic heterocycles. The molecule has 7 nitrogen and oxygen atoms in total. The van der Waals surface area contributed by atoms with Crippen LogP contribution >= 0.6 is 0 Å². The summed E-state index contributed by atoms with van der Waals surface area (Å²) in [6, 6.07) is 0. The van der Waals surface area contributed by atoms with Gasteiger partial charge in [-0.2, -0.15) is 0 Å². The molecule has 21 heavy (non-hydrogen) atoms. The predicted molar refractivity (Wildman–Crippen MR) is 79.6 cm³/mol. The maximum absolute atomic E-state index is 12.4. The lowest BCUT2D eigenvalue weighted by molar-refractivity contribution is -0.120. The van der Waals surface area contributed by atoms with Crippen molar-refractivity contribution in [1.29, 1.82) is 0 Å². The molecule has 1 rings (SSSR count). The molecule has 0 aliphatic heterocycles. The molecule has 0 bridgehead atoms. The van der Waals surface area contributed by atoms with E-state index in [0.717, 1.165) is 0 Å². The number of nitrogens with zero attached hydrogens (tertiary/aromatic N) is 2. The van der Waals surface area contributed by atoms with Gasteiger partial charge >= 0.3 is 0 Å². The van der Waals surface area contributed by atoms with Gasteiger partial charge in [-0.15, -0.1) is 5.10 Å². The number of carbonyl (C=O) groups excluding carboxylic acids is 1. The lowest BCUT2D eigenvalue weighted by atomic mass is 9.96. The molecular formula is C13H24N4O3S. The Morgan fingerprint density at radius 1 is 1.29 bits per heavy atom. The Morgan fingerprint density at radius 3 is 2.29 bits per heavy atom. The molecule has 0 saturated heterocycles. The quantitative estimate of drug-likeness (QED) is 0.844. The number of hydrogen-bond acceptors (Lipinski definition) is 5. The highest BCUT2D eigenvalue weighted by Gasteiger charge is 2.34. The Balaban J connectivity index is 2.95. The molecule has 1 atom stereocenters. The van der Waals surface area contributed by atoms with E-state index >= 15 is 0 Å². The Hall–Kier alpha value is -1.44. The zero-order chi connectivity index (χ0) is 16.4. The van der Waals surface area contributed by atoms with Gasteiger partial charge in [-0.3, -0.25) is 9.89 Å². The molecule has 0 aromatic carbocycles. The number of aromatic nitrogens is 3. The van der Waals surface area contributed by atoms with Gasteiger partial charge in [0.25, 0.3) is 5.16 Å². The summed E-state index contributed by atoms with van der Waals surface area (Å²) >= 11 is 0. The van der Waals surface area contributed by atoms with Crippen molar-refractivity contribution in [3.05, 3.63) is 5.82 Å². The zero-order valence-corrected chi connectivity index (χ0v) is 14.2. The van der Waals surface area contributed by atoms with Crippen molar-refractivity contribution in [2.45, 2.75) is 57.4 Å². The van der Waals surface area contributed by atoms with Crippen LogP contribution in [-0.2, 0) is 20.0 Å². The summed E-state index contributed by atoms with van der Waals surface area (Å²) in [4.78, 5) is 15.9. The third-order valence-corrected chi connectivity index (χ3v) is 4.79. The number of hydrogen-bond donors (Lipinski definition) is 2. The van der Waals surface area contributed by atoms with E-state index in [9.17, 15) is 13.2 Å². The largest absolute Gasteiger partial charge is 0.355 e. The molecule has 0 aliphatic carbocycles. The molecule has 1 aromatic rings. The minimum Gasteiger partial charge on any atom is -0.355 e. The number of aromatic amines is 1. The smallest absolute Gasteiger partial charge is 0.267 e. The van der Waals surface area contributed by atoms with Crippen LogP contribution < -0.4 is 5.32 Å². The second-order valence-electron chi connectivity index (χ2n) is 6.54. The van der Waals surface area contributed by atoms with E-state index in [1.165, 1.54) is 6.92 Å². The summed E-state index contributed by atoms with van der Waals surface area (Å²) in [5.41, 5.74) is -0.343. The van der Waals surface area contributed by atoms with E-state index < -0.39 is 21.0 Å². The highest BCUT2D eigenvalue weighted by atomic mass is 32.2. The molecular weight excluding hydrogens is 292 g/mol.